The number of hydrogen-bond acceptors (Lipinski definition) is 3. The summed E-state index contributed by atoms with van der Waals surface area (Å²) in [4.78, 5) is 12.2. The van der Waals surface area contributed by atoms with E-state index in [0.29, 0.717) is 10.7 Å². The van der Waals surface area contributed by atoms with Gasteiger partial charge in [0, 0.05) is 10.7 Å². The summed E-state index contributed by atoms with van der Waals surface area (Å²) in [6, 6.07) is 13.2. The van der Waals surface area contributed by atoms with Crippen LogP contribution in [-0.4, -0.2) is 20.1 Å². The molecule has 0 aliphatic rings. The monoisotopic (exact) mass is 351 g/mol. The lowest BCUT2D eigenvalue weighted by Gasteiger charge is -2.11. The van der Waals surface area contributed by atoms with Crippen molar-refractivity contribution in [2.24, 2.45) is 0 Å². The van der Waals surface area contributed by atoms with Gasteiger partial charge >= 0.3 is 0 Å². The van der Waals surface area contributed by atoms with Gasteiger partial charge in [-0.3, -0.25) is 4.79 Å². The molecule has 23 heavy (non-hydrogen) atoms. The fraction of sp³-hybridized carbons (Fsp3) is 0.235. The second-order valence-electron chi connectivity index (χ2n) is 5.17. The normalized spacial score (nSPS) is 11.2. The Balaban J connectivity index is 2.11. The van der Waals surface area contributed by atoms with Gasteiger partial charge in [0.15, 0.2) is 9.84 Å². The van der Waals surface area contributed by atoms with E-state index in [9.17, 15) is 13.2 Å². The Labute approximate surface area is 141 Å². The summed E-state index contributed by atoms with van der Waals surface area (Å²) in [7, 11) is -3.69. The Hall–Kier alpha value is -1.85. The maximum Gasteiger partial charge on any atom is 0.239 e. The van der Waals surface area contributed by atoms with Crippen molar-refractivity contribution in [3.63, 3.8) is 0 Å². The predicted octanol–water partition coefficient (Wildman–Crippen LogP) is 3.70. The smallest absolute Gasteiger partial charge is 0.239 e. The Kier molecular flexibility index (Phi) is 5.80. The molecule has 0 saturated heterocycles. The zero-order valence-electron chi connectivity index (χ0n) is 12.8. The fourth-order valence-electron chi connectivity index (χ4n) is 2.21. The zero-order valence-corrected chi connectivity index (χ0v) is 14.3. The molecule has 0 bridgehead atoms. The van der Waals surface area contributed by atoms with E-state index < -0.39 is 21.5 Å². The number of carbonyl (C=O) groups is 1. The Morgan fingerprint density at radius 2 is 1.74 bits per heavy atom. The first kappa shape index (κ1) is 17.5. The summed E-state index contributed by atoms with van der Waals surface area (Å²) in [5.41, 5.74) is 1.65. The first-order valence-corrected chi connectivity index (χ1v) is 9.31. The molecule has 0 aromatic heterocycles. The lowest BCUT2D eigenvalue weighted by Crippen LogP contribution is -2.23. The average molecular weight is 352 g/mol. The number of amides is 1. The van der Waals surface area contributed by atoms with Crippen LogP contribution in [0.1, 0.15) is 18.9 Å². The van der Waals surface area contributed by atoms with Gasteiger partial charge in [-0.2, -0.15) is 0 Å². The minimum absolute atomic E-state index is 0.0823. The minimum atomic E-state index is -3.69. The SMILES string of the molecule is CCCc1ccccc1NC(=O)CS(=O)(=O)c1ccc(Cl)cc1. The molecule has 122 valence electrons. The molecule has 2 aromatic rings. The molecule has 0 unspecified atom stereocenters. The van der Waals surface area contributed by atoms with Gasteiger partial charge < -0.3 is 5.32 Å². The van der Waals surface area contributed by atoms with Crippen molar-refractivity contribution in [2.75, 3.05) is 11.1 Å². The van der Waals surface area contributed by atoms with Gasteiger partial charge in [-0.15, -0.1) is 0 Å². The summed E-state index contributed by atoms with van der Waals surface area (Å²) < 4.78 is 24.5. The van der Waals surface area contributed by atoms with Gasteiger partial charge in [-0.1, -0.05) is 43.1 Å². The lowest BCUT2D eigenvalue weighted by atomic mass is 10.1. The van der Waals surface area contributed by atoms with Gasteiger partial charge in [-0.25, -0.2) is 8.42 Å². The maximum atomic E-state index is 12.3. The van der Waals surface area contributed by atoms with Crippen LogP contribution in [0.15, 0.2) is 53.4 Å². The molecule has 0 spiro atoms. The van der Waals surface area contributed by atoms with Crippen molar-refractivity contribution in [3.8, 4) is 0 Å². The molecule has 6 heteroatoms. The number of aryl methyl sites for hydroxylation is 1. The van der Waals surface area contributed by atoms with Crippen LogP contribution in [0, 0.1) is 0 Å². The largest absolute Gasteiger partial charge is 0.325 e. The van der Waals surface area contributed by atoms with Crippen LogP contribution in [0.4, 0.5) is 5.69 Å². The Morgan fingerprint density at radius 1 is 1.09 bits per heavy atom. The number of benzene rings is 2. The number of para-hydroxylation sites is 1. The summed E-state index contributed by atoms with van der Waals surface area (Å²) in [6.45, 7) is 2.05. The quantitative estimate of drug-likeness (QED) is 0.863. The molecular weight excluding hydrogens is 334 g/mol. The van der Waals surface area contributed by atoms with Gasteiger partial charge in [0.1, 0.15) is 5.75 Å². The summed E-state index contributed by atoms with van der Waals surface area (Å²) in [6.07, 6.45) is 1.76. The highest BCUT2D eigenvalue weighted by atomic mass is 35.5. The number of rotatable bonds is 6. The van der Waals surface area contributed by atoms with E-state index in [-0.39, 0.29) is 4.90 Å². The molecule has 4 nitrogen and oxygen atoms in total. The van der Waals surface area contributed by atoms with Crippen molar-refractivity contribution < 1.29 is 13.2 Å². The van der Waals surface area contributed by atoms with E-state index in [2.05, 4.69) is 5.32 Å². The molecule has 0 aliphatic heterocycles. The van der Waals surface area contributed by atoms with Crippen molar-refractivity contribution in [2.45, 2.75) is 24.7 Å². The standard InChI is InChI=1S/C17H18ClNO3S/c1-2-5-13-6-3-4-7-16(13)19-17(20)12-23(21,22)15-10-8-14(18)9-11-15/h3-4,6-11H,2,5,12H2,1H3,(H,19,20). The summed E-state index contributed by atoms with van der Waals surface area (Å²) in [5, 5.41) is 3.13. The van der Waals surface area contributed by atoms with Crippen LogP contribution >= 0.6 is 11.6 Å². The Morgan fingerprint density at radius 3 is 2.39 bits per heavy atom. The van der Waals surface area contributed by atoms with Crippen molar-refractivity contribution >= 4 is 33.0 Å². The van der Waals surface area contributed by atoms with Crippen LogP contribution in [0.3, 0.4) is 0 Å². The van der Waals surface area contributed by atoms with Crippen LogP contribution in [0.5, 0.6) is 0 Å². The van der Waals surface area contributed by atoms with Crippen LogP contribution < -0.4 is 5.32 Å². The maximum absolute atomic E-state index is 12.3. The van der Waals surface area contributed by atoms with Crippen molar-refractivity contribution in [1.82, 2.24) is 0 Å². The number of hydrogen-bond donors (Lipinski definition) is 1. The highest BCUT2D eigenvalue weighted by Gasteiger charge is 2.19. The average Bonchev–Trinajstić information content (AvgIpc) is 2.49. The van der Waals surface area contributed by atoms with Crippen molar-refractivity contribution in [1.29, 1.82) is 0 Å². The number of carbonyl (C=O) groups excluding carboxylic acids is 1. The molecular formula is C17H18ClNO3S. The number of nitrogens with one attached hydrogen (secondary N) is 1. The molecule has 0 saturated carbocycles. The molecule has 0 atom stereocenters. The highest BCUT2D eigenvalue weighted by Crippen LogP contribution is 2.18. The van der Waals surface area contributed by atoms with Gasteiger partial charge in [0.05, 0.1) is 4.90 Å². The predicted molar refractivity (Wildman–Crippen MR) is 92.6 cm³/mol. The molecule has 0 aliphatic carbocycles. The fourth-order valence-corrected chi connectivity index (χ4v) is 3.47. The number of sulfone groups is 1. The second kappa shape index (κ2) is 7.62. The van der Waals surface area contributed by atoms with E-state index in [1.165, 1.54) is 24.3 Å². The molecule has 2 aromatic carbocycles. The summed E-state index contributed by atoms with van der Waals surface area (Å²) in [5.74, 6) is -1.15. The third-order valence-corrected chi connectivity index (χ3v) is 5.19. The van der Waals surface area contributed by atoms with E-state index in [0.717, 1.165) is 18.4 Å². The number of halogens is 1. The van der Waals surface area contributed by atoms with Crippen LogP contribution in [0.25, 0.3) is 0 Å². The topological polar surface area (TPSA) is 63.2 Å². The van der Waals surface area contributed by atoms with Gasteiger partial charge in [0.25, 0.3) is 0 Å². The van der Waals surface area contributed by atoms with Crippen LogP contribution in [-0.2, 0) is 21.1 Å². The first-order chi connectivity index (χ1) is 10.9. The van der Waals surface area contributed by atoms with Crippen molar-refractivity contribution in [3.05, 3.63) is 59.1 Å². The molecule has 0 fully saturated rings. The summed E-state index contributed by atoms with van der Waals surface area (Å²) >= 11 is 5.75. The molecule has 1 amide bonds. The molecule has 1 N–H and O–H groups in total. The minimum Gasteiger partial charge on any atom is -0.325 e. The third kappa shape index (κ3) is 4.81. The lowest BCUT2D eigenvalue weighted by molar-refractivity contribution is -0.113. The van der Waals surface area contributed by atoms with Gasteiger partial charge in [-0.05, 0) is 42.3 Å². The molecule has 2 rings (SSSR count). The van der Waals surface area contributed by atoms with E-state index in [1.54, 1.807) is 6.07 Å². The Bertz CT molecular complexity index is 786. The van der Waals surface area contributed by atoms with E-state index in [4.69, 9.17) is 11.6 Å². The molecule has 0 heterocycles. The number of anilines is 1. The third-order valence-electron chi connectivity index (χ3n) is 3.30. The van der Waals surface area contributed by atoms with Gasteiger partial charge in [0.2, 0.25) is 5.91 Å². The second-order valence-corrected chi connectivity index (χ2v) is 7.59. The zero-order chi connectivity index (χ0) is 16.9. The van der Waals surface area contributed by atoms with Crippen LogP contribution in [0.2, 0.25) is 5.02 Å². The van der Waals surface area contributed by atoms with E-state index in [1.807, 2.05) is 25.1 Å². The van der Waals surface area contributed by atoms with E-state index >= 15 is 0 Å². The first-order valence-electron chi connectivity index (χ1n) is 7.28. The highest BCUT2D eigenvalue weighted by molar-refractivity contribution is 7.92. The molecule has 0 radical (unpaired) electrons.